The number of nitrogens with zero attached hydrogens (tertiary/aromatic N) is 1. The maximum Gasteiger partial charge on any atom is 0.239 e. The lowest BCUT2D eigenvalue weighted by Crippen LogP contribution is -2.46. The van der Waals surface area contributed by atoms with Crippen molar-refractivity contribution >= 4 is 5.91 Å². The van der Waals surface area contributed by atoms with Gasteiger partial charge in [-0.1, -0.05) is 0 Å². The number of halogens is 1. The normalized spacial score (nSPS) is 21.6. The summed E-state index contributed by atoms with van der Waals surface area (Å²) < 4.78 is 12.2. The van der Waals surface area contributed by atoms with Gasteiger partial charge in [0.1, 0.15) is 0 Å². The number of hydrogen-bond donors (Lipinski definition) is 1. The standard InChI is InChI=1S/C9H17FN2O/c1-7(11)9(13)12-4-2-8(6-10)3-5-12/h7-8H,2-6,11H2,1H3/t7-/m0/s1. The van der Waals surface area contributed by atoms with E-state index in [2.05, 4.69) is 0 Å². The average Bonchev–Trinajstić information content (AvgIpc) is 2.17. The molecule has 13 heavy (non-hydrogen) atoms. The molecule has 0 aliphatic carbocycles. The molecule has 76 valence electrons. The molecule has 0 aromatic heterocycles. The first-order valence-corrected chi connectivity index (χ1v) is 4.75. The Balaban J connectivity index is 2.36. The Morgan fingerprint density at radius 1 is 1.62 bits per heavy atom. The molecule has 1 aliphatic heterocycles. The molecule has 0 bridgehead atoms. The molecule has 1 atom stereocenters. The van der Waals surface area contributed by atoms with Crippen molar-refractivity contribution in [2.75, 3.05) is 19.8 Å². The van der Waals surface area contributed by atoms with Crippen molar-refractivity contribution in [1.29, 1.82) is 0 Å². The van der Waals surface area contributed by atoms with Crippen LogP contribution < -0.4 is 5.73 Å². The largest absolute Gasteiger partial charge is 0.341 e. The van der Waals surface area contributed by atoms with Crippen LogP contribution in [-0.2, 0) is 4.79 Å². The summed E-state index contributed by atoms with van der Waals surface area (Å²) in [6, 6.07) is -0.429. The lowest BCUT2D eigenvalue weighted by molar-refractivity contribution is -0.133. The maximum absolute atomic E-state index is 12.2. The minimum atomic E-state index is -0.429. The van der Waals surface area contributed by atoms with Crippen molar-refractivity contribution in [3.8, 4) is 0 Å². The topological polar surface area (TPSA) is 46.3 Å². The minimum absolute atomic E-state index is 0.0164. The highest BCUT2D eigenvalue weighted by Crippen LogP contribution is 2.17. The first-order chi connectivity index (χ1) is 6.15. The third-order valence-electron chi connectivity index (χ3n) is 2.53. The van der Waals surface area contributed by atoms with E-state index >= 15 is 0 Å². The SMILES string of the molecule is C[C@H](N)C(=O)N1CCC(CF)CC1. The van der Waals surface area contributed by atoms with Gasteiger partial charge in [-0.25, -0.2) is 0 Å². The van der Waals surface area contributed by atoms with Gasteiger partial charge in [0.25, 0.3) is 0 Å². The smallest absolute Gasteiger partial charge is 0.239 e. The number of piperidine rings is 1. The zero-order valence-corrected chi connectivity index (χ0v) is 8.00. The van der Waals surface area contributed by atoms with Gasteiger partial charge < -0.3 is 10.6 Å². The zero-order chi connectivity index (χ0) is 9.84. The molecule has 0 aromatic carbocycles. The van der Waals surface area contributed by atoms with Crippen molar-refractivity contribution < 1.29 is 9.18 Å². The van der Waals surface area contributed by atoms with Crippen LogP contribution in [0.15, 0.2) is 0 Å². The molecule has 0 saturated carbocycles. The van der Waals surface area contributed by atoms with E-state index in [9.17, 15) is 9.18 Å². The molecule has 1 fully saturated rings. The molecule has 4 heteroatoms. The fraction of sp³-hybridized carbons (Fsp3) is 0.889. The van der Waals surface area contributed by atoms with E-state index < -0.39 is 6.04 Å². The summed E-state index contributed by atoms with van der Waals surface area (Å²) in [7, 11) is 0. The van der Waals surface area contributed by atoms with E-state index in [0.29, 0.717) is 13.1 Å². The van der Waals surface area contributed by atoms with Gasteiger partial charge in [-0.2, -0.15) is 0 Å². The van der Waals surface area contributed by atoms with E-state index in [1.54, 1.807) is 11.8 Å². The van der Waals surface area contributed by atoms with E-state index in [-0.39, 0.29) is 18.5 Å². The predicted molar refractivity (Wildman–Crippen MR) is 48.9 cm³/mol. The highest BCUT2D eigenvalue weighted by Gasteiger charge is 2.23. The highest BCUT2D eigenvalue weighted by molar-refractivity contribution is 5.81. The van der Waals surface area contributed by atoms with Crippen LogP contribution in [0.1, 0.15) is 19.8 Å². The summed E-state index contributed by atoms with van der Waals surface area (Å²) in [5.74, 6) is 0.134. The van der Waals surface area contributed by atoms with Crippen molar-refractivity contribution in [2.45, 2.75) is 25.8 Å². The van der Waals surface area contributed by atoms with Crippen LogP contribution >= 0.6 is 0 Å². The molecule has 2 N–H and O–H groups in total. The van der Waals surface area contributed by atoms with Gasteiger partial charge in [0.15, 0.2) is 0 Å². The van der Waals surface area contributed by atoms with Crippen LogP contribution in [0.4, 0.5) is 4.39 Å². The molecule has 1 heterocycles. The second-order valence-corrected chi connectivity index (χ2v) is 3.71. The van der Waals surface area contributed by atoms with Gasteiger partial charge in [0.2, 0.25) is 5.91 Å². The summed E-state index contributed by atoms with van der Waals surface area (Å²) in [4.78, 5) is 13.1. The van der Waals surface area contributed by atoms with Gasteiger partial charge in [0, 0.05) is 13.1 Å². The Morgan fingerprint density at radius 2 is 2.15 bits per heavy atom. The van der Waals surface area contributed by atoms with Crippen molar-refractivity contribution in [2.24, 2.45) is 11.7 Å². The monoisotopic (exact) mass is 188 g/mol. The number of alkyl halides is 1. The lowest BCUT2D eigenvalue weighted by Gasteiger charge is -2.31. The third kappa shape index (κ3) is 2.66. The highest BCUT2D eigenvalue weighted by atomic mass is 19.1. The second-order valence-electron chi connectivity index (χ2n) is 3.71. The molecule has 0 radical (unpaired) electrons. The average molecular weight is 188 g/mol. The number of likely N-dealkylation sites (tertiary alicyclic amines) is 1. The van der Waals surface area contributed by atoms with Crippen LogP contribution in [0, 0.1) is 5.92 Å². The van der Waals surface area contributed by atoms with Gasteiger partial charge in [-0.3, -0.25) is 9.18 Å². The molecule has 0 unspecified atom stereocenters. The quantitative estimate of drug-likeness (QED) is 0.687. The lowest BCUT2D eigenvalue weighted by atomic mass is 9.98. The number of rotatable bonds is 2. The molecular weight excluding hydrogens is 171 g/mol. The van der Waals surface area contributed by atoms with E-state index in [1.807, 2.05) is 0 Å². The number of hydrogen-bond acceptors (Lipinski definition) is 2. The molecule has 1 saturated heterocycles. The van der Waals surface area contributed by atoms with Crippen molar-refractivity contribution in [3.05, 3.63) is 0 Å². The van der Waals surface area contributed by atoms with Crippen LogP contribution in [-0.4, -0.2) is 36.6 Å². The third-order valence-corrected chi connectivity index (χ3v) is 2.53. The van der Waals surface area contributed by atoms with Crippen molar-refractivity contribution in [1.82, 2.24) is 4.90 Å². The molecule has 3 nitrogen and oxygen atoms in total. The van der Waals surface area contributed by atoms with Crippen LogP contribution in [0.25, 0.3) is 0 Å². The number of carbonyl (C=O) groups excluding carboxylic acids is 1. The second kappa shape index (κ2) is 4.56. The Kier molecular flexibility index (Phi) is 3.66. The summed E-state index contributed by atoms with van der Waals surface area (Å²) in [5, 5.41) is 0. The van der Waals surface area contributed by atoms with Crippen LogP contribution in [0.3, 0.4) is 0 Å². The van der Waals surface area contributed by atoms with Crippen molar-refractivity contribution in [3.63, 3.8) is 0 Å². The first kappa shape index (κ1) is 10.4. The fourth-order valence-electron chi connectivity index (χ4n) is 1.60. The van der Waals surface area contributed by atoms with Crippen LogP contribution in [0.5, 0.6) is 0 Å². The van der Waals surface area contributed by atoms with Gasteiger partial charge >= 0.3 is 0 Å². The predicted octanol–water partition coefficient (Wildman–Crippen LogP) is 0.542. The zero-order valence-electron chi connectivity index (χ0n) is 8.00. The number of nitrogens with two attached hydrogens (primary N) is 1. The summed E-state index contributed by atoms with van der Waals surface area (Å²) in [6.07, 6.45) is 1.55. The van der Waals surface area contributed by atoms with Gasteiger partial charge in [-0.15, -0.1) is 0 Å². The van der Waals surface area contributed by atoms with E-state index in [1.165, 1.54) is 0 Å². The Hall–Kier alpha value is -0.640. The molecule has 0 aromatic rings. The number of amides is 1. The minimum Gasteiger partial charge on any atom is -0.341 e. The van der Waals surface area contributed by atoms with Gasteiger partial charge in [0.05, 0.1) is 12.7 Å². The van der Waals surface area contributed by atoms with Crippen LogP contribution in [0.2, 0.25) is 0 Å². The van der Waals surface area contributed by atoms with E-state index in [4.69, 9.17) is 5.73 Å². The molecule has 1 rings (SSSR count). The summed E-state index contributed by atoms with van der Waals surface area (Å²) in [5.41, 5.74) is 5.47. The fourth-order valence-corrected chi connectivity index (χ4v) is 1.60. The van der Waals surface area contributed by atoms with Gasteiger partial charge in [-0.05, 0) is 25.7 Å². The molecular formula is C9H17FN2O. The molecule has 1 amide bonds. The number of carbonyl (C=O) groups is 1. The maximum atomic E-state index is 12.2. The molecule has 0 spiro atoms. The Labute approximate surface area is 78.1 Å². The molecule has 1 aliphatic rings. The summed E-state index contributed by atoms with van der Waals surface area (Å²) >= 11 is 0. The summed E-state index contributed by atoms with van der Waals surface area (Å²) in [6.45, 7) is 2.74. The Morgan fingerprint density at radius 3 is 2.54 bits per heavy atom. The Bertz CT molecular complexity index is 176. The van der Waals surface area contributed by atoms with E-state index in [0.717, 1.165) is 12.8 Å². The first-order valence-electron chi connectivity index (χ1n) is 4.75.